The van der Waals surface area contributed by atoms with Gasteiger partial charge < -0.3 is 20.7 Å². The molecule has 4 rings (SSSR count). The number of hydrogen-bond donors (Lipinski definition) is 3. The van der Waals surface area contributed by atoms with E-state index in [1.807, 2.05) is 24.3 Å². The highest BCUT2D eigenvalue weighted by Crippen LogP contribution is 2.33. The normalized spacial score (nSPS) is 29.9. The molecule has 0 spiro atoms. The largest absolute Gasteiger partial charge is 0.368 e. The lowest BCUT2D eigenvalue weighted by Gasteiger charge is -2.24. The van der Waals surface area contributed by atoms with Crippen molar-refractivity contribution in [2.24, 2.45) is 5.92 Å². The van der Waals surface area contributed by atoms with Crippen LogP contribution in [-0.4, -0.2) is 36.6 Å². The molecule has 6 heteroatoms. The van der Waals surface area contributed by atoms with Crippen LogP contribution >= 0.6 is 0 Å². The van der Waals surface area contributed by atoms with E-state index in [0.717, 1.165) is 30.5 Å². The topological polar surface area (TPSA) is 79.5 Å². The summed E-state index contributed by atoms with van der Waals surface area (Å²) in [6, 6.07) is 8.08. The lowest BCUT2D eigenvalue weighted by Crippen LogP contribution is -2.42. The summed E-state index contributed by atoms with van der Waals surface area (Å²) in [4.78, 5) is 24.7. The molecule has 2 saturated heterocycles. The maximum Gasteiger partial charge on any atom is 0.253 e. The number of rotatable bonds is 5. The third-order valence-corrected chi connectivity index (χ3v) is 6.06. The van der Waals surface area contributed by atoms with Gasteiger partial charge in [-0.1, -0.05) is 25.0 Å². The SMILES string of the molecule is O=C(NCc1cccc(NC(=O)C2CCCO2)c1)C1CC2CCCCC2N1. The molecule has 2 amide bonds. The lowest BCUT2D eigenvalue weighted by atomic mass is 9.85. The minimum absolute atomic E-state index is 0.0690. The molecule has 27 heavy (non-hydrogen) atoms. The number of anilines is 1. The van der Waals surface area contributed by atoms with E-state index < -0.39 is 0 Å². The first-order chi connectivity index (χ1) is 13.2. The molecule has 4 atom stereocenters. The van der Waals surface area contributed by atoms with Gasteiger partial charge in [0, 0.05) is 24.9 Å². The van der Waals surface area contributed by atoms with Crippen molar-refractivity contribution in [1.82, 2.24) is 10.6 Å². The summed E-state index contributed by atoms with van der Waals surface area (Å²) in [5, 5.41) is 9.47. The van der Waals surface area contributed by atoms with E-state index in [-0.39, 0.29) is 24.0 Å². The van der Waals surface area contributed by atoms with Crippen LogP contribution in [0.5, 0.6) is 0 Å². The number of fused-ring (bicyclic) bond motifs is 1. The molecular formula is C21H29N3O3. The zero-order valence-electron chi connectivity index (χ0n) is 15.7. The summed E-state index contributed by atoms with van der Waals surface area (Å²) in [7, 11) is 0. The molecule has 0 aromatic heterocycles. The molecule has 1 aromatic carbocycles. The Balaban J connectivity index is 1.28. The third-order valence-electron chi connectivity index (χ3n) is 6.06. The summed E-state index contributed by atoms with van der Waals surface area (Å²) >= 11 is 0. The first-order valence-electron chi connectivity index (χ1n) is 10.2. The van der Waals surface area contributed by atoms with Crippen LogP contribution in [0.1, 0.15) is 50.5 Å². The average molecular weight is 371 g/mol. The predicted octanol–water partition coefficient (Wildman–Crippen LogP) is 2.34. The number of carbonyl (C=O) groups is 2. The van der Waals surface area contributed by atoms with E-state index >= 15 is 0 Å². The third kappa shape index (κ3) is 4.50. The van der Waals surface area contributed by atoms with Gasteiger partial charge in [0.15, 0.2) is 0 Å². The van der Waals surface area contributed by atoms with E-state index in [2.05, 4.69) is 16.0 Å². The number of hydrogen-bond acceptors (Lipinski definition) is 4. The smallest absolute Gasteiger partial charge is 0.253 e. The van der Waals surface area contributed by atoms with E-state index in [1.165, 1.54) is 25.7 Å². The summed E-state index contributed by atoms with van der Waals surface area (Å²) in [5.41, 5.74) is 1.72. The van der Waals surface area contributed by atoms with Crippen molar-refractivity contribution in [3.05, 3.63) is 29.8 Å². The molecular weight excluding hydrogens is 342 g/mol. The summed E-state index contributed by atoms with van der Waals surface area (Å²) in [6.07, 6.45) is 7.32. The zero-order chi connectivity index (χ0) is 18.6. The highest BCUT2D eigenvalue weighted by Gasteiger charge is 2.38. The van der Waals surface area contributed by atoms with Gasteiger partial charge in [-0.3, -0.25) is 9.59 Å². The van der Waals surface area contributed by atoms with Crippen LogP contribution in [0.4, 0.5) is 5.69 Å². The Hall–Kier alpha value is -1.92. The molecule has 2 heterocycles. The van der Waals surface area contributed by atoms with E-state index in [1.54, 1.807) is 0 Å². The molecule has 1 saturated carbocycles. The molecule has 1 aromatic rings. The second kappa shape index (κ2) is 8.40. The van der Waals surface area contributed by atoms with Crippen molar-refractivity contribution < 1.29 is 14.3 Å². The fourth-order valence-electron chi connectivity index (χ4n) is 4.60. The van der Waals surface area contributed by atoms with Gasteiger partial charge in [-0.25, -0.2) is 0 Å². The number of ether oxygens (including phenoxy) is 1. The molecule has 0 radical (unpaired) electrons. The van der Waals surface area contributed by atoms with Gasteiger partial charge in [-0.2, -0.15) is 0 Å². The Bertz CT molecular complexity index is 673. The standard InChI is InChI=1S/C21H29N3O3/c25-20(18-12-15-6-1-2-8-17(15)24-18)22-13-14-5-3-7-16(11-14)23-21(26)19-9-4-10-27-19/h3,5,7,11,15,17-19,24H,1-2,4,6,8-10,12-13H2,(H,22,25)(H,23,26). The van der Waals surface area contributed by atoms with Crippen LogP contribution in [0.3, 0.4) is 0 Å². The Labute approximate surface area is 160 Å². The van der Waals surface area contributed by atoms with Gasteiger partial charge in [-0.15, -0.1) is 0 Å². The number of carbonyl (C=O) groups excluding carboxylic acids is 2. The monoisotopic (exact) mass is 371 g/mol. The van der Waals surface area contributed by atoms with Gasteiger partial charge in [0.25, 0.3) is 5.91 Å². The van der Waals surface area contributed by atoms with Crippen molar-refractivity contribution in [3.63, 3.8) is 0 Å². The second-order valence-corrected chi connectivity index (χ2v) is 8.02. The van der Waals surface area contributed by atoms with Crippen LogP contribution in [0, 0.1) is 5.92 Å². The predicted molar refractivity (Wildman–Crippen MR) is 103 cm³/mol. The van der Waals surface area contributed by atoms with Gasteiger partial charge >= 0.3 is 0 Å². The van der Waals surface area contributed by atoms with Crippen molar-refractivity contribution in [2.45, 2.75) is 69.7 Å². The molecule has 4 unspecified atom stereocenters. The van der Waals surface area contributed by atoms with E-state index in [0.29, 0.717) is 25.1 Å². The van der Waals surface area contributed by atoms with Crippen molar-refractivity contribution >= 4 is 17.5 Å². The minimum atomic E-state index is -0.342. The van der Waals surface area contributed by atoms with Crippen LogP contribution in [0.25, 0.3) is 0 Å². The van der Waals surface area contributed by atoms with Crippen LogP contribution < -0.4 is 16.0 Å². The highest BCUT2D eigenvalue weighted by molar-refractivity contribution is 5.94. The van der Waals surface area contributed by atoms with Gasteiger partial charge in [-0.05, 0) is 55.7 Å². The Morgan fingerprint density at radius 3 is 2.81 bits per heavy atom. The molecule has 0 bridgehead atoms. The first kappa shape index (κ1) is 18.4. The quantitative estimate of drug-likeness (QED) is 0.742. The Morgan fingerprint density at radius 2 is 2.00 bits per heavy atom. The fourth-order valence-corrected chi connectivity index (χ4v) is 4.60. The Kier molecular flexibility index (Phi) is 5.74. The molecule has 3 aliphatic rings. The van der Waals surface area contributed by atoms with E-state index in [4.69, 9.17) is 4.74 Å². The molecule has 2 aliphatic heterocycles. The van der Waals surface area contributed by atoms with Crippen molar-refractivity contribution in [1.29, 1.82) is 0 Å². The van der Waals surface area contributed by atoms with Gasteiger partial charge in [0.2, 0.25) is 5.91 Å². The van der Waals surface area contributed by atoms with Crippen molar-refractivity contribution in [3.8, 4) is 0 Å². The van der Waals surface area contributed by atoms with Crippen LogP contribution in [0.2, 0.25) is 0 Å². The van der Waals surface area contributed by atoms with Gasteiger partial charge in [0.05, 0.1) is 6.04 Å². The molecule has 3 fully saturated rings. The first-order valence-corrected chi connectivity index (χ1v) is 10.2. The summed E-state index contributed by atoms with van der Waals surface area (Å²) in [5.74, 6) is 0.649. The fraction of sp³-hybridized carbons (Fsp3) is 0.619. The van der Waals surface area contributed by atoms with Crippen LogP contribution in [0.15, 0.2) is 24.3 Å². The number of amides is 2. The minimum Gasteiger partial charge on any atom is -0.368 e. The molecule has 6 nitrogen and oxygen atoms in total. The average Bonchev–Trinajstić information content (AvgIpc) is 3.36. The lowest BCUT2D eigenvalue weighted by molar-refractivity contribution is -0.125. The zero-order valence-corrected chi connectivity index (χ0v) is 15.7. The molecule has 3 N–H and O–H groups in total. The summed E-state index contributed by atoms with van der Waals surface area (Å²) in [6.45, 7) is 1.12. The molecule has 1 aliphatic carbocycles. The van der Waals surface area contributed by atoms with Gasteiger partial charge in [0.1, 0.15) is 6.10 Å². The molecule has 146 valence electrons. The maximum atomic E-state index is 12.5. The number of benzene rings is 1. The summed E-state index contributed by atoms with van der Waals surface area (Å²) < 4.78 is 5.42. The number of nitrogens with one attached hydrogen (secondary N) is 3. The maximum absolute atomic E-state index is 12.5. The highest BCUT2D eigenvalue weighted by atomic mass is 16.5. The Morgan fingerprint density at radius 1 is 1.11 bits per heavy atom. The van der Waals surface area contributed by atoms with E-state index in [9.17, 15) is 9.59 Å². The second-order valence-electron chi connectivity index (χ2n) is 8.02. The van der Waals surface area contributed by atoms with Crippen molar-refractivity contribution in [2.75, 3.05) is 11.9 Å². The van der Waals surface area contributed by atoms with Crippen LogP contribution in [-0.2, 0) is 20.9 Å².